The Bertz CT molecular complexity index is 436. The number of aryl methyl sites for hydroxylation is 3. The zero-order chi connectivity index (χ0) is 15.2. The van der Waals surface area contributed by atoms with Gasteiger partial charge in [-0.05, 0) is 50.4 Å². The highest BCUT2D eigenvalue weighted by Gasteiger charge is 2.23. The van der Waals surface area contributed by atoms with Crippen molar-refractivity contribution in [3.05, 3.63) is 34.4 Å². The molecule has 1 fully saturated rings. The SMILES string of the molecule is CCCNCC1COCCN1Cc1c(C)cc(C)cc1C. The first kappa shape index (κ1) is 16.5. The van der Waals surface area contributed by atoms with Crippen LogP contribution in [-0.4, -0.2) is 43.8 Å². The van der Waals surface area contributed by atoms with Crippen molar-refractivity contribution in [3.8, 4) is 0 Å². The van der Waals surface area contributed by atoms with Gasteiger partial charge in [-0.3, -0.25) is 4.90 Å². The number of ether oxygens (including phenoxy) is 1. The molecular weight excluding hydrogens is 260 g/mol. The third-order valence-electron chi connectivity index (χ3n) is 4.36. The number of rotatable bonds is 6. The van der Waals surface area contributed by atoms with Gasteiger partial charge in [-0.1, -0.05) is 24.6 Å². The third kappa shape index (κ3) is 4.53. The number of nitrogens with one attached hydrogen (secondary N) is 1. The Morgan fingerprint density at radius 1 is 1.24 bits per heavy atom. The maximum Gasteiger partial charge on any atom is 0.0635 e. The van der Waals surface area contributed by atoms with Crippen molar-refractivity contribution < 1.29 is 4.74 Å². The smallest absolute Gasteiger partial charge is 0.0635 e. The van der Waals surface area contributed by atoms with E-state index in [1.165, 1.54) is 28.7 Å². The van der Waals surface area contributed by atoms with Gasteiger partial charge in [-0.2, -0.15) is 0 Å². The molecule has 0 spiro atoms. The highest BCUT2D eigenvalue weighted by molar-refractivity contribution is 5.37. The van der Waals surface area contributed by atoms with Gasteiger partial charge in [0.15, 0.2) is 0 Å². The summed E-state index contributed by atoms with van der Waals surface area (Å²) in [5, 5.41) is 3.54. The number of morpholine rings is 1. The standard InChI is InChI=1S/C18H30N2O/c1-5-6-19-11-17-13-21-8-7-20(17)12-18-15(3)9-14(2)10-16(18)4/h9-10,17,19H,5-8,11-13H2,1-4H3. The summed E-state index contributed by atoms with van der Waals surface area (Å²) in [4.78, 5) is 2.58. The van der Waals surface area contributed by atoms with Gasteiger partial charge in [0, 0.05) is 25.7 Å². The first-order valence-electron chi connectivity index (χ1n) is 8.21. The van der Waals surface area contributed by atoms with Crippen LogP contribution in [-0.2, 0) is 11.3 Å². The highest BCUT2D eigenvalue weighted by Crippen LogP contribution is 2.20. The Labute approximate surface area is 129 Å². The third-order valence-corrected chi connectivity index (χ3v) is 4.36. The molecule has 118 valence electrons. The first-order valence-corrected chi connectivity index (χ1v) is 8.21. The molecule has 3 nitrogen and oxygen atoms in total. The molecule has 1 atom stereocenters. The van der Waals surface area contributed by atoms with Crippen LogP contribution in [0.5, 0.6) is 0 Å². The molecule has 0 radical (unpaired) electrons. The van der Waals surface area contributed by atoms with Gasteiger partial charge in [-0.25, -0.2) is 0 Å². The van der Waals surface area contributed by atoms with Crippen molar-refractivity contribution in [2.24, 2.45) is 0 Å². The fourth-order valence-corrected chi connectivity index (χ4v) is 3.19. The van der Waals surface area contributed by atoms with Crippen LogP contribution in [0.1, 0.15) is 35.6 Å². The van der Waals surface area contributed by atoms with E-state index in [9.17, 15) is 0 Å². The lowest BCUT2D eigenvalue weighted by Crippen LogP contribution is -2.50. The first-order chi connectivity index (χ1) is 10.1. The molecule has 2 rings (SSSR count). The number of nitrogens with zero attached hydrogens (tertiary/aromatic N) is 1. The van der Waals surface area contributed by atoms with Crippen molar-refractivity contribution in [1.29, 1.82) is 0 Å². The number of hydrogen-bond donors (Lipinski definition) is 1. The quantitative estimate of drug-likeness (QED) is 0.815. The molecule has 1 heterocycles. The average Bonchev–Trinajstić information content (AvgIpc) is 2.44. The molecule has 1 N–H and O–H groups in total. The fraction of sp³-hybridized carbons (Fsp3) is 0.667. The summed E-state index contributed by atoms with van der Waals surface area (Å²) in [6.45, 7) is 14.8. The van der Waals surface area contributed by atoms with E-state index in [1.54, 1.807) is 0 Å². The number of hydrogen-bond acceptors (Lipinski definition) is 3. The van der Waals surface area contributed by atoms with Crippen LogP contribution >= 0.6 is 0 Å². The van der Waals surface area contributed by atoms with Gasteiger partial charge >= 0.3 is 0 Å². The van der Waals surface area contributed by atoms with Crippen LogP contribution in [0.15, 0.2) is 12.1 Å². The molecule has 0 aromatic heterocycles. The van der Waals surface area contributed by atoms with E-state index in [4.69, 9.17) is 4.74 Å². The normalized spacial score (nSPS) is 19.9. The van der Waals surface area contributed by atoms with E-state index in [1.807, 2.05) is 0 Å². The second-order valence-electron chi connectivity index (χ2n) is 6.28. The monoisotopic (exact) mass is 290 g/mol. The Morgan fingerprint density at radius 2 is 1.95 bits per heavy atom. The lowest BCUT2D eigenvalue weighted by molar-refractivity contribution is -0.0110. The lowest BCUT2D eigenvalue weighted by atomic mass is 9.98. The lowest BCUT2D eigenvalue weighted by Gasteiger charge is -2.36. The summed E-state index contributed by atoms with van der Waals surface area (Å²) in [6.07, 6.45) is 1.18. The van der Waals surface area contributed by atoms with Crippen LogP contribution in [0.25, 0.3) is 0 Å². The largest absolute Gasteiger partial charge is 0.378 e. The summed E-state index contributed by atoms with van der Waals surface area (Å²) < 4.78 is 5.68. The van der Waals surface area contributed by atoms with E-state index in [-0.39, 0.29) is 0 Å². The fourth-order valence-electron chi connectivity index (χ4n) is 3.19. The van der Waals surface area contributed by atoms with Gasteiger partial charge in [-0.15, -0.1) is 0 Å². The zero-order valence-corrected chi connectivity index (χ0v) is 14.0. The molecule has 0 saturated carbocycles. The van der Waals surface area contributed by atoms with Gasteiger partial charge < -0.3 is 10.1 Å². The Balaban J connectivity index is 2.05. The molecule has 1 aromatic carbocycles. The van der Waals surface area contributed by atoms with Crippen LogP contribution in [0.3, 0.4) is 0 Å². The van der Waals surface area contributed by atoms with E-state index in [2.05, 4.69) is 50.0 Å². The van der Waals surface area contributed by atoms with Crippen molar-refractivity contribution in [2.75, 3.05) is 32.8 Å². The summed E-state index contributed by atoms with van der Waals surface area (Å²) in [5.41, 5.74) is 5.68. The van der Waals surface area contributed by atoms with Crippen molar-refractivity contribution in [1.82, 2.24) is 10.2 Å². The van der Waals surface area contributed by atoms with Gasteiger partial charge in [0.25, 0.3) is 0 Å². The zero-order valence-electron chi connectivity index (χ0n) is 14.0. The van der Waals surface area contributed by atoms with Crippen molar-refractivity contribution in [3.63, 3.8) is 0 Å². The molecule has 21 heavy (non-hydrogen) atoms. The molecule has 1 aliphatic heterocycles. The van der Waals surface area contributed by atoms with Crippen LogP contribution in [0.4, 0.5) is 0 Å². The molecule has 1 unspecified atom stereocenters. The maximum atomic E-state index is 5.68. The van der Waals surface area contributed by atoms with Crippen LogP contribution < -0.4 is 5.32 Å². The predicted molar refractivity (Wildman–Crippen MR) is 88.8 cm³/mol. The van der Waals surface area contributed by atoms with Crippen LogP contribution in [0, 0.1) is 20.8 Å². The average molecular weight is 290 g/mol. The summed E-state index contributed by atoms with van der Waals surface area (Å²) in [5.74, 6) is 0. The second kappa shape index (κ2) is 7.92. The minimum atomic E-state index is 0.491. The van der Waals surface area contributed by atoms with Gasteiger partial charge in [0.2, 0.25) is 0 Å². The minimum absolute atomic E-state index is 0.491. The minimum Gasteiger partial charge on any atom is -0.378 e. The maximum absolute atomic E-state index is 5.68. The molecule has 0 bridgehead atoms. The van der Waals surface area contributed by atoms with Gasteiger partial charge in [0.05, 0.1) is 13.2 Å². The highest BCUT2D eigenvalue weighted by atomic mass is 16.5. The molecule has 0 amide bonds. The van der Waals surface area contributed by atoms with E-state index in [0.717, 1.165) is 39.4 Å². The van der Waals surface area contributed by atoms with Crippen LogP contribution in [0.2, 0.25) is 0 Å². The van der Waals surface area contributed by atoms with E-state index < -0.39 is 0 Å². The second-order valence-corrected chi connectivity index (χ2v) is 6.28. The molecule has 1 aliphatic rings. The van der Waals surface area contributed by atoms with E-state index in [0.29, 0.717) is 6.04 Å². The molecule has 0 aliphatic carbocycles. The molecule has 1 saturated heterocycles. The summed E-state index contributed by atoms with van der Waals surface area (Å²) >= 11 is 0. The summed E-state index contributed by atoms with van der Waals surface area (Å²) in [7, 11) is 0. The molecule has 3 heteroatoms. The van der Waals surface area contributed by atoms with E-state index >= 15 is 0 Å². The topological polar surface area (TPSA) is 24.5 Å². The Hall–Kier alpha value is -0.900. The Morgan fingerprint density at radius 3 is 2.62 bits per heavy atom. The van der Waals surface area contributed by atoms with Crippen molar-refractivity contribution in [2.45, 2.75) is 46.7 Å². The Kier molecular flexibility index (Phi) is 6.22. The predicted octanol–water partition coefficient (Wildman–Crippen LogP) is 2.81. The summed E-state index contributed by atoms with van der Waals surface area (Å²) in [6, 6.07) is 5.09. The van der Waals surface area contributed by atoms with Gasteiger partial charge in [0.1, 0.15) is 0 Å². The molecule has 1 aromatic rings. The van der Waals surface area contributed by atoms with Crippen molar-refractivity contribution >= 4 is 0 Å². The number of benzene rings is 1. The molecular formula is C18H30N2O.